The van der Waals surface area contributed by atoms with Gasteiger partial charge in [0.25, 0.3) is 10.0 Å². The molecule has 2 heterocycles. The first-order valence-corrected chi connectivity index (χ1v) is 11.2. The van der Waals surface area contributed by atoms with Gasteiger partial charge in [0.2, 0.25) is 0 Å². The lowest BCUT2D eigenvalue weighted by Gasteiger charge is -2.13. The molecule has 0 bridgehead atoms. The molecule has 1 unspecified atom stereocenters. The van der Waals surface area contributed by atoms with Crippen molar-refractivity contribution < 1.29 is 8.42 Å². The molecule has 1 aromatic heterocycles. The van der Waals surface area contributed by atoms with Crippen LogP contribution in [0.3, 0.4) is 0 Å². The summed E-state index contributed by atoms with van der Waals surface area (Å²) in [5.41, 5.74) is 3.35. The molecule has 7 heteroatoms. The van der Waals surface area contributed by atoms with Crippen LogP contribution >= 0.6 is 11.3 Å². The fourth-order valence-corrected chi connectivity index (χ4v) is 5.04. The molecule has 2 N–H and O–H groups in total. The maximum atomic E-state index is 12.9. The maximum Gasteiger partial charge on any atom is 0.261 e. The van der Waals surface area contributed by atoms with Crippen molar-refractivity contribution in [3.8, 4) is 11.3 Å². The van der Waals surface area contributed by atoms with Crippen LogP contribution in [-0.4, -0.2) is 26.5 Å². The van der Waals surface area contributed by atoms with Gasteiger partial charge in [0.1, 0.15) is 0 Å². The predicted octanol–water partition coefficient (Wildman–Crippen LogP) is 4.00. The SMILES string of the molecule is Cc1nc(-c2cccc(S(=O)(=O)Nc3cccc(C4CCNC4)c3)c2)cs1. The van der Waals surface area contributed by atoms with Crippen molar-refractivity contribution in [2.24, 2.45) is 0 Å². The minimum Gasteiger partial charge on any atom is -0.316 e. The summed E-state index contributed by atoms with van der Waals surface area (Å²) < 4.78 is 28.5. The van der Waals surface area contributed by atoms with Gasteiger partial charge < -0.3 is 5.32 Å². The molecule has 0 saturated carbocycles. The Morgan fingerprint density at radius 2 is 2.04 bits per heavy atom. The fraction of sp³-hybridized carbons (Fsp3) is 0.250. The van der Waals surface area contributed by atoms with E-state index in [-0.39, 0.29) is 4.90 Å². The van der Waals surface area contributed by atoms with E-state index in [1.54, 1.807) is 35.6 Å². The van der Waals surface area contributed by atoms with Gasteiger partial charge in [0.15, 0.2) is 0 Å². The molecular weight excluding hydrogens is 378 g/mol. The van der Waals surface area contributed by atoms with Crippen molar-refractivity contribution >= 4 is 27.0 Å². The van der Waals surface area contributed by atoms with E-state index in [0.29, 0.717) is 11.6 Å². The Bertz CT molecular complexity index is 1050. The summed E-state index contributed by atoms with van der Waals surface area (Å²) in [6.07, 6.45) is 1.07. The topological polar surface area (TPSA) is 71.1 Å². The average molecular weight is 400 g/mol. The average Bonchev–Trinajstić information content (AvgIpc) is 3.33. The first-order valence-electron chi connectivity index (χ1n) is 8.87. The summed E-state index contributed by atoms with van der Waals surface area (Å²) in [4.78, 5) is 4.68. The normalized spacial score (nSPS) is 17.1. The number of hydrogen-bond donors (Lipinski definition) is 2. The highest BCUT2D eigenvalue weighted by Gasteiger charge is 2.19. The van der Waals surface area contributed by atoms with E-state index in [2.05, 4.69) is 21.1 Å². The predicted molar refractivity (Wildman–Crippen MR) is 110 cm³/mol. The van der Waals surface area contributed by atoms with Gasteiger partial charge in [-0.15, -0.1) is 11.3 Å². The summed E-state index contributed by atoms with van der Waals surface area (Å²) >= 11 is 1.55. The van der Waals surface area contributed by atoms with Gasteiger partial charge >= 0.3 is 0 Å². The first kappa shape index (κ1) is 18.2. The van der Waals surface area contributed by atoms with Crippen molar-refractivity contribution in [1.82, 2.24) is 10.3 Å². The molecule has 27 heavy (non-hydrogen) atoms. The van der Waals surface area contributed by atoms with Crippen LogP contribution in [0.5, 0.6) is 0 Å². The second kappa shape index (κ2) is 7.42. The lowest BCUT2D eigenvalue weighted by Crippen LogP contribution is -2.13. The van der Waals surface area contributed by atoms with Crippen molar-refractivity contribution in [2.75, 3.05) is 17.8 Å². The summed E-state index contributed by atoms with van der Waals surface area (Å²) in [6.45, 7) is 3.87. The molecule has 1 saturated heterocycles. The summed E-state index contributed by atoms with van der Waals surface area (Å²) in [5, 5.41) is 6.24. The molecule has 4 rings (SSSR count). The fourth-order valence-electron chi connectivity index (χ4n) is 3.33. The Kier molecular flexibility index (Phi) is 4.99. The number of thiazole rings is 1. The van der Waals surface area contributed by atoms with Crippen LogP contribution in [0.15, 0.2) is 58.8 Å². The van der Waals surface area contributed by atoms with Crippen LogP contribution in [0.25, 0.3) is 11.3 Å². The molecule has 0 aliphatic carbocycles. The number of sulfonamides is 1. The second-order valence-corrected chi connectivity index (χ2v) is 9.44. The maximum absolute atomic E-state index is 12.9. The number of benzene rings is 2. The highest BCUT2D eigenvalue weighted by Crippen LogP contribution is 2.27. The molecule has 3 aromatic rings. The molecule has 0 radical (unpaired) electrons. The minimum absolute atomic E-state index is 0.235. The molecule has 140 valence electrons. The molecule has 1 aliphatic heterocycles. The van der Waals surface area contributed by atoms with Crippen LogP contribution in [0.2, 0.25) is 0 Å². The zero-order valence-corrected chi connectivity index (χ0v) is 16.6. The van der Waals surface area contributed by atoms with Gasteiger partial charge in [-0.2, -0.15) is 0 Å². The second-order valence-electron chi connectivity index (χ2n) is 6.70. The van der Waals surface area contributed by atoms with Crippen molar-refractivity contribution in [3.63, 3.8) is 0 Å². The summed E-state index contributed by atoms with van der Waals surface area (Å²) in [5.74, 6) is 0.436. The largest absolute Gasteiger partial charge is 0.316 e. The van der Waals surface area contributed by atoms with E-state index in [1.165, 1.54) is 0 Å². The third-order valence-corrected chi connectivity index (χ3v) is 6.88. The molecule has 0 spiro atoms. The zero-order valence-electron chi connectivity index (χ0n) is 15.0. The van der Waals surface area contributed by atoms with Crippen LogP contribution in [0, 0.1) is 6.92 Å². The molecule has 1 aliphatic rings. The van der Waals surface area contributed by atoms with Crippen LogP contribution in [0.1, 0.15) is 22.9 Å². The van der Waals surface area contributed by atoms with Crippen molar-refractivity contribution in [1.29, 1.82) is 0 Å². The smallest absolute Gasteiger partial charge is 0.261 e. The van der Waals surface area contributed by atoms with Crippen LogP contribution < -0.4 is 10.0 Å². The molecule has 0 amide bonds. The van der Waals surface area contributed by atoms with Gasteiger partial charge in [-0.1, -0.05) is 24.3 Å². The van der Waals surface area contributed by atoms with Gasteiger partial charge in [-0.05, 0) is 55.6 Å². The third-order valence-electron chi connectivity index (χ3n) is 4.73. The van der Waals surface area contributed by atoms with Crippen molar-refractivity contribution in [2.45, 2.75) is 24.2 Å². The molecule has 2 aromatic carbocycles. The van der Waals surface area contributed by atoms with E-state index in [4.69, 9.17) is 0 Å². The minimum atomic E-state index is -3.67. The van der Waals surface area contributed by atoms with Crippen molar-refractivity contribution in [3.05, 3.63) is 64.5 Å². The quantitative estimate of drug-likeness (QED) is 0.680. The van der Waals surface area contributed by atoms with Crippen LogP contribution in [-0.2, 0) is 10.0 Å². The van der Waals surface area contributed by atoms with E-state index in [9.17, 15) is 8.42 Å². The monoisotopic (exact) mass is 399 g/mol. The Morgan fingerprint density at radius 1 is 1.19 bits per heavy atom. The first-order chi connectivity index (χ1) is 13.0. The Balaban J connectivity index is 1.60. The van der Waals surface area contributed by atoms with Crippen LogP contribution in [0.4, 0.5) is 5.69 Å². The highest BCUT2D eigenvalue weighted by molar-refractivity contribution is 7.92. The van der Waals surface area contributed by atoms with E-state index in [0.717, 1.165) is 41.3 Å². The lowest BCUT2D eigenvalue weighted by molar-refractivity contribution is 0.601. The Hall–Kier alpha value is -2.22. The number of hydrogen-bond acceptors (Lipinski definition) is 5. The number of rotatable bonds is 5. The standard InChI is InChI=1S/C20H21N3O2S2/c1-14-22-20(13-26-14)16-5-3-7-19(11-16)27(24,25)23-18-6-2-4-15(10-18)17-8-9-21-12-17/h2-7,10-11,13,17,21,23H,8-9,12H2,1H3. The zero-order chi connectivity index (χ0) is 18.9. The van der Waals surface area contributed by atoms with Gasteiger partial charge in [0, 0.05) is 23.2 Å². The van der Waals surface area contributed by atoms with E-state index >= 15 is 0 Å². The molecule has 1 fully saturated rings. The highest BCUT2D eigenvalue weighted by atomic mass is 32.2. The number of nitrogens with zero attached hydrogens (tertiary/aromatic N) is 1. The van der Waals surface area contributed by atoms with Gasteiger partial charge in [-0.25, -0.2) is 13.4 Å². The lowest BCUT2D eigenvalue weighted by atomic mass is 9.98. The molecular formula is C20H21N3O2S2. The molecule has 1 atom stereocenters. The number of nitrogens with one attached hydrogen (secondary N) is 2. The van der Waals surface area contributed by atoms with E-state index < -0.39 is 10.0 Å². The summed E-state index contributed by atoms with van der Waals surface area (Å²) in [6, 6.07) is 14.6. The Labute approximate surface area is 163 Å². The van der Waals surface area contributed by atoms with Gasteiger partial charge in [-0.3, -0.25) is 4.72 Å². The Morgan fingerprint density at radius 3 is 2.78 bits per heavy atom. The van der Waals surface area contributed by atoms with E-state index in [1.807, 2.05) is 30.5 Å². The number of aryl methyl sites for hydroxylation is 1. The summed E-state index contributed by atoms with van der Waals surface area (Å²) in [7, 11) is -3.67. The van der Waals surface area contributed by atoms with Gasteiger partial charge in [0.05, 0.1) is 15.6 Å². The number of aromatic nitrogens is 1. The molecule has 5 nitrogen and oxygen atoms in total. The number of anilines is 1. The third kappa shape index (κ3) is 4.05.